The van der Waals surface area contributed by atoms with E-state index in [9.17, 15) is 8.96 Å². The largest absolute Gasteiger partial charge is 0.335 e. The Kier molecular flexibility index (Phi) is 5.99. The van der Waals surface area contributed by atoms with Gasteiger partial charge in [0.05, 0.1) is 19.4 Å². The van der Waals surface area contributed by atoms with E-state index >= 15 is 0 Å². The standard InChI is InChI=1S/C12H17BrFO3P/c1-4-16-18(15,17-5-2)8-10-6-7-11(13)9(3)12(10)14/h6-7H,4-5,8H2,1-3H3. The van der Waals surface area contributed by atoms with Crippen LogP contribution in [0.25, 0.3) is 0 Å². The van der Waals surface area contributed by atoms with Crippen LogP contribution in [-0.2, 0) is 19.8 Å². The van der Waals surface area contributed by atoms with Gasteiger partial charge < -0.3 is 9.05 Å². The maximum Gasteiger partial charge on any atom is 0.335 e. The van der Waals surface area contributed by atoms with Gasteiger partial charge in [-0.1, -0.05) is 22.0 Å². The molecule has 18 heavy (non-hydrogen) atoms. The SMILES string of the molecule is CCOP(=O)(Cc1ccc(Br)c(C)c1F)OCC. The molecular formula is C12H17BrFO3P. The molecule has 0 N–H and O–H groups in total. The molecule has 0 bridgehead atoms. The maximum atomic E-state index is 14.0. The minimum absolute atomic E-state index is 0.0470. The van der Waals surface area contributed by atoms with Gasteiger partial charge in [0.2, 0.25) is 0 Å². The third kappa shape index (κ3) is 3.89. The second-order valence-corrected chi connectivity index (χ2v) is 6.66. The molecule has 0 spiro atoms. The fourth-order valence-electron chi connectivity index (χ4n) is 1.57. The van der Waals surface area contributed by atoms with Gasteiger partial charge in [0.1, 0.15) is 5.82 Å². The van der Waals surface area contributed by atoms with Gasteiger partial charge in [0, 0.05) is 10.0 Å². The molecule has 1 aromatic rings. The lowest BCUT2D eigenvalue weighted by Crippen LogP contribution is -2.02. The maximum absolute atomic E-state index is 14.0. The Morgan fingerprint density at radius 2 is 1.83 bits per heavy atom. The van der Waals surface area contributed by atoms with Crippen LogP contribution in [0.1, 0.15) is 25.0 Å². The first-order chi connectivity index (χ1) is 8.43. The van der Waals surface area contributed by atoms with Gasteiger partial charge >= 0.3 is 7.60 Å². The Morgan fingerprint density at radius 1 is 1.28 bits per heavy atom. The van der Waals surface area contributed by atoms with Crippen molar-refractivity contribution in [1.29, 1.82) is 0 Å². The lowest BCUT2D eigenvalue weighted by atomic mass is 10.1. The van der Waals surface area contributed by atoms with E-state index in [0.29, 0.717) is 15.6 Å². The average molecular weight is 339 g/mol. The summed E-state index contributed by atoms with van der Waals surface area (Å²) < 4.78 is 37.3. The summed E-state index contributed by atoms with van der Waals surface area (Å²) in [5, 5.41) is 0. The van der Waals surface area contributed by atoms with Crippen LogP contribution in [0.3, 0.4) is 0 Å². The first-order valence-electron chi connectivity index (χ1n) is 5.75. The monoisotopic (exact) mass is 338 g/mol. The lowest BCUT2D eigenvalue weighted by Gasteiger charge is -2.17. The molecule has 0 fully saturated rings. The van der Waals surface area contributed by atoms with Crippen molar-refractivity contribution in [2.45, 2.75) is 26.9 Å². The van der Waals surface area contributed by atoms with Gasteiger partial charge in [-0.15, -0.1) is 0 Å². The summed E-state index contributed by atoms with van der Waals surface area (Å²) in [6, 6.07) is 3.33. The first kappa shape index (κ1) is 15.8. The number of benzene rings is 1. The van der Waals surface area contributed by atoms with Crippen LogP contribution in [-0.4, -0.2) is 13.2 Å². The van der Waals surface area contributed by atoms with E-state index < -0.39 is 7.60 Å². The van der Waals surface area contributed by atoms with E-state index in [1.807, 2.05) is 0 Å². The third-order valence-electron chi connectivity index (χ3n) is 2.42. The van der Waals surface area contributed by atoms with E-state index in [4.69, 9.17) is 9.05 Å². The molecule has 0 unspecified atom stereocenters. The third-order valence-corrected chi connectivity index (χ3v) is 5.31. The van der Waals surface area contributed by atoms with Crippen LogP contribution in [0.2, 0.25) is 0 Å². The molecule has 0 aliphatic carbocycles. The van der Waals surface area contributed by atoms with Crippen LogP contribution in [0, 0.1) is 12.7 Å². The fraction of sp³-hybridized carbons (Fsp3) is 0.500. The second-order valence-electron chi connectivity index (χ2n) is 3.75. The second kappa shape index (κ2) is 6.80. The number of halogens is 2. The quantitative estimate of drug-likeness (QED) is 0.707. The Morgan fingerprint density at radius 3 is 2.33 bits per heavy atom. The molecular weight excluding hydrogens is 322 g/mol. The van der Waals surface area contributed by atoms with E-state index in [0.717, 1.165) is 0 Å². The highest BCUT2D eigenvalue weighted by Crippen LogP contribution is 2.51. The average Bonchev–Trinajstić information content (AvgIpc) is 2.31. The molecule has 1 aromatic carbocycles. The van der Waals surface area contributed by atoms with Crippen LogP contribution in [0.5, 0.6) is 0 Å². The highest BCUT2D eigenvalue weighted by molar-refractivity contribution is 9.10. The van der Waals surface area contributed by atoms with Gasteiger partial charge in [0.25, 0.3) is 0 Å². The van der Waals surface area contributed by atoms with E-state index in [2.05, 4.69) is 15.9 Å². The van der Waals surface area contributed by atoms with E-state index in [-0.39, 0.29) is 25.2 Å². The molecule has 0 saturated carbocycles. The predicted molar refractivity (Wildman–Crippen MR) is 73.4 cm³/mol. The fourth-order valence-corrected chi connectivity index (χ4v) is 3.58. The van der Waals surface area contributed by atoms with Crippen LogP contribution in [0.4, 0.5) is 4.39 Å². The van der Waals surface area contributed by atoms with Gasteiger partial charge in [-0.25, -0.2) is 4.39 Å². The number of hydrogen-bond donors (Lipinski definition) is 0. The first-order valence-corrected chi connectivity index (χ1v) is 8.27. The minimum Gasteiger partial charge on any atom is -0.309 e. The highest BCUT2D eigenvalue weighted by atomic mass is 79.9. The molecule has 0 radical (unpaired) electrons. The van der Waals surface area contributed by atoms with Crippen LogP contribution < -0.4 is 0 Å². The summed E-state index contributed by atoms with van der Waals surface area (Å²) in [7, 11) is -3.26. The lowest BCUT2D eigenvalue weighted by molar-refractivity contribution is 0.219. The summed E-state index contributed by atoms with van der Waals surface area (Å²) in [5.74, 6) is -0.371. The van der Waals surface area contributed by atoms with Crippen molar-refractivity contribution < 1.29 is 18.0 Å². The zero-order valence-electron chi connectivity index (χ0n) is 10.7. The Balaban J connectivity index is 3.01. The predicted octanol–water partition coefficient (Wildman–Crippen LogP) is 4.66. The van der Waals surface area contributed by atoms with Gasteiger partial charge in [-0.3, -0.25) is 4.57 Å². The summed E-state index contributed by atoms with van der Waals surface area (Å²) in [4.78, 5) is 0. The zero-order valence-corrected chi connectivity index (χ0v) is 13.2. The highest BCUT2D eigenvalue weighted by Gasteiger charge is 2.26. The van der Waals surface area contributed by atoms with Crippen molar-refractivity contribution in [3.63, 3.8) is 0 Å². The molecule has 0 aliphatic rings. The Bertz CT molecular complexity index is 455. The normalized spacial score (nSPS) is 11.8. The summed E-state index contributed by atoms with van der Waals surface area (Å²) in [5.41, 5.74) is 0.841. The van der Waals surface area contributed by atoms with Crippen LogP contribution in [0.15, 0.2) is 16.6 Å². The number of hydrogen-bond acceptors (Lipinski definition) is 3. The molecule has 0 saturated heterocycles. The minimum atomic E-state index is -3.26. The van der Waals surface area contributed by atoms with Crippen molar-refractivity contribution in [2.75, 3.05) is 13.2 Å². The molecule has 1 rings (SSSR count). The van der Waals surface area contributed by atoms with Crippen LogP contribution >= 0.6 is 23.5 Å². The molecule has 102 valence electrons. The Labute approximate surface area is 115 Å². The molecule has 3 nitrogen and oxygen atoms in total. The molecule has 0 heterocycles. The summed E-state index contributed by atoms with van der Waals surface area (Å²) >= 11 is 3.25. The van der Waals surface area contributed by atoms with Crippen molar-refractivity contribution in [3.8, 4) is 0 Å². The van der Waals surface area contributed by atoms with E-state index in [1.54, 1.807) is 32.9 Å². The van der Waals surface area contributed by atoms with E-state index in [1.165, 1.54) is 0 Å². The van der Waals surface area contributed by atoms with Gasteiger partial charge in [-0.05, 0) is 32.4 Å². The molecule has 0 atom stereocenters. The smallest absolute Gasteiger partial charge is 0.309 e. The van der Waals surface area contributed by atoms with Crippen molar-refractivity contribution in [1.82, 2.24) is 0 Å². The van der Waals surface area contributed by atoms with Crippen molar-refractivity contribution in [2.24, 2.45) is 0 Å². The van der Waals surface area contributed by atoms with Gasteiger partial charge in [-0.2, -0.15) is 0 Å². The van der Waals surface area contributed by atoms with Crippen molar-refractivity contribution >= 4 is 23.5 Å². The van der Waals surface area contributed by atoms with Gasteiger partial charge in [0.15, 0.2) is 0 Å². The van der Waals surface area contributed by atoms with Crippen molar-refractivity contribution in [3.05, 3.63) is 33.5 Å². The topological polar surface area (TPSA) is 35.5 Å². The summed E-state index contributed by atoms with van der Waals surface area (Å²) in [6.45, 7) is 5.67. The molecule has 0 aliphatic heterocycles. The Hall–Kier alpha value is -0.220. The molecule has 6 heteroatoms. The summed E-state index contributed by atoms with van der Waals surface area (Å²) in [6.07, 6.45) is -0.0470. The number of rotatable bonds is 6. The zero-order chi connectivity index (χ0) is 13.8. The molecule has 0 aromatic heterocycles. The molecule has 0 amide bonds.